The first-order chi connectivity index (χ1) is 11.9. The average Bonchev–Trinajstić information content (AvgIpc) is 2.53. The van der Waals surface area contributed by atoms with Crippen molar-refractivity contribution >= 4 is 29.6 Å². The van der Waals surface area contributed by atoms with Crippen molar-refractivity contribution in [3.63, 3.8) is 0 Å². The Kier molecular flexibility index (Phi) is 5.68. The first kappa shape index (κ1) is 17.9. The van der Waals surface area contributed by atoms with Crippen LogP contribution >= 0.6 is 0 Å². The second-order valence-electron chi connectivity index (χ2n) is 5.08. The van der Waals surface area contributed by atoms with E-state index >= 15 is 0 Å². The Morgan fingerprint density at radius 3 is 1.96 bits per heavy atom. The molecule has 2 aromatic rings. The summed E-state index contributed by atoms with van der Waals surface area (Å²) in [5.41, 5.74) is 0.548. The fourth-order valence-electron chi connectivity index (χ4n) is 2.19. The summed E-state index contributed by atoms with van der Waals surface area (Å²) >= 11 is 0. The minimum atomic E-state index is -1.21. The second-order valence-corrected chi connectivity index (χ2v) is 5.08. The number of carbonyl (C=O) groups excluding carboxylic acids is 2. The van der Waals surface area contributed by atoms with Crippen molar-refractivity contribution in [1.82, 2.24) is 0 Å². The summed E-state index contributed by atoms with van der Waals surface area (Å²) in [4.78, 5) is 34.2. The lowest BCUT2D eigenvalue weighted by Crippen LogP contribution is -2.07. The third-order valence-corrected chi connectivity index (χ3v) is 3.13. The van der Waals surface area contributed by atoms with Crippen molar-refractivity contribution in [2.75, 3.05) is 0 Å². The van der Waals surface area contributed by atoms with Gasteiger partial charge in [0.05, 0.1) is 5.57 Å². The van der Waals surface area contributed by atoms with Gasteiger partial charge >= 0.3 is 17.9 Å². The maximum absolute atomic E-state index is 11.8. The number of carbonyl (C=O) groups is 3. The van der Waals surface area contributed by atoms with E-state index in [0.717, 1.165) is 0 Å². The molecule has 6 nitrogen and oxygen atoms in total. The number of hydrogen-bond donors (Lipinski definition) is 1. The summed E-state index contributed by atoms with van der Waals surface area (Å²) in [6.45, 7) is 2.49. The van der Waals surface area contributed by atoms with Gasteiger partial charge in [-0.05, 0) is 18.2 Å². The molecule has 2 aromatic carbocycles. The van der Waals surface area contributed by atoms with E-state index in [1.165, 1.54) is 32.1 Å². The molecule has 0 aromatic heterocycles. The number of esters is 2. The summed E-state index contributed by atoms with van der Waals surface area (Å²) < 4.78 is 10.2. The first-order valence-corrected chi connectivity index (χ1v) is 7.38. The van der Waals surface area contributed by atoms with Crippen LogP contribution in [0.3, 0.4) is 0 Å². The van der Waals surface area contributed by atoms with Gasteiger partial charge in [-0.1, -0.05) is 36.4 Å². The molecule has 0 saturated carbocycles. The highest BCUT2D eigenvalue weighted by molar-refractivity contribution is 6.21. The van der Waals surface area contributed by atoms with E-state index in [9.17, 15) is 19.5 Å². The molecule has 0 spiro atoms. The van der Waals surface area contributed by atoms with Gasteiger partial charge in [-0.3, -0.25) is 9.59 Å². The van der Waals surface area contributed by atoms with Gasteiger partial charge in [-0.2, -0.15) is 0 Å². The Morgan fingerprint density at radius 1 is 0.840 bits per heavy atom. The Hall–Kier alpha value is -3.41. The molecule has 0 atom stereocenters. The minimum Gasteiger partial charge on any atom is -0.478 e. The molecule has 2 rings (SSSR count). The zero-order valence-corrected chi connectivity index (χ0v) is 13.7. The van der Waals surface area contributed by atoms with Crippen LogP contribution in [0.15, 0.2) is 48.5 Å². The average molecular weight is 340 g/mol. The van der Waals surface area contributed by atoms with Crippen LogP contribution in [0, 0.1) is 0 Å². The predicted octanol–water partition coefficient (Wildman–Crippen LogP) is 3.16. The number of carboxylic acids is 1. The van der Waals surface area contributed by atoms with Crippen molar-refractivity contribution in [1.29, 1.82) is 0 Å². The lowest BCUT2D eigenvalue weighted by atomic mass is 10.0. The molecule has 1 N–H and O–H groups in total. The molecule has 6 heteroatoms. The third-order valence-electron chi connectivity index (χ3n) is 3.13. The maximum Gasteiger partial charge on any atom is 0.336 e. The molecule has 0 unspecified atom stereocenters. The highest BCUT2D eigenvalue weighted by Crippen LogP contribution is 2.30. The molecule has 0 saturated heterocycles. The monoisotopic (exact) mass is 340 g/mol. The molecule has 0 amide bonds. The highest BCUT2D eigenvalue weighted by Gasteiger charge is 2.17. The van der Waals surface area contributed by atoms with Crippen molar-refractivity contribution in [3.8, 4) is 11.5 Å². The normalized spacial score (nSPS) is 10.9. The molecule has 0 radical (unpaired) electrons. The third kappa shape index (κ3) is 4.78. The first-order valence-electron chi connectivity index (χ1n) is 7.38. The smallest absolute Gasteiger partial charge is 0.336 e. The molecule has 0 aliphatic rings. The maximum atomic E-state index is 11.8. The topological polar surface area (TPSA) is 89.9 Å². The minimum absolute atomic E-state index is 0.101. The summed E-state index contributed by atoms with van der Waals surface area (Å²) in [7, 11) is 0. The Balaban J connectivity index is 2.57. The highest BCUT2D eigenvalue weighted by atomic mass is 16.5. The van der Waals surface area contributed by atoms with Gasteiger partial charge in [0, 0.05) is 25.0 Å². The number of aliphatic carboxylic acids is 1. The van der Waals surface area contributed by atoms with Gasteiger partial charge < -0.3 is 14.6 Å². The number of rotatable bonds is 5. The van der Waals surface area contributed by atoms with E-state index in [-0.39, 0.29) is 22.6 Å². The van der Waals surface area contributed by atoms with Gasteiger partial charge in [0.1, 0.15) is 11.5 Å². The molecule has 0 heterocycles. The van der Waals surface area contributed by atoms with Crippen LogP contribution in [-0.4, -0.2) is 23.0 Å². The molecule has 0 bridgehead atoms. The fourth-order valence-corrected chi connectivity index (χ4v) is 2.19. The molecular weight excluding hydrogens is 324 g/mol. The predicted molar refractivity (Wildman–Crippen MR) is 91.0 cm³/mol. The van der Waals surface area contributed by atoms with E-state index in [1.54, 1.807) is 36.4 Å². The summed E-state index contributed by atoms with van der Waals surface area (Å²) in [5, 5.41) is 9.60. The summed E-state index contributed by atoms with van der Waals surface area (Å²) in [6, 6.07) is 12.8. The Morgan fingerprint density at radius 2 is 1.36 bits per heavy atom. The van der Waals surface area contributed by atoms with Gasteiger partial charge in [-0.25, -0.2) is 4.79 Å². The number of carboxylic acid groups (broad SMARTS) is 1. The zero-order valence-electron chi connectivity index (χ0n) is 13.7. The number of para-hydroxylation sites is 2. The van der Waals surface area contributed by atoms with Gasteiger partial charge in [0.25, 0.3) is 0 Å². The van der Waals surface area contributed by atoms with E-state index in [1.807, 2.05) is 0 Å². The summed E-state index contributed by atoms with van der Waals surface area (Å²) in [5.74, 6) is -1.92. The number of hydrogen-bond acceptors (Lipinski definition) is 5. The summed E-state index contributed by atoms with van der Waals surface area (Å²) in [6.07, 6.45) is 1.36. The lowest BCUT2D eigenvalue weighted by molar-refractivity contribution is -0.133. The molecule has 128 valence electrons. The van der Waals surface area contributed by atoms with Crippen LogP contribution in [-0.2, 0) is 14.4 Å². The van der Waals surface area contributed by atoms with Gasteiger partial charge in [-0.15, -0.1) is 0 Å². The standard InChI is InChI=1S/C19H16O6/c1-12(20)24-17-9-5-3-7-14(17)11-16(19(22)23)15-8-4-6-10-18(15)25-13(2)21/h3-11H,1-2H3,(H,22,23). The van der Waals surface area contributed by atoms with E-state index < -0.39 is 17.9 Å². The number of ether oxygens (including phenoxy) is 2. The van der Waals surface area contributed by atoms with Crippen LogP contribution in [0.4, 0.5) is 0 Å². The van der Waals surface area contributed by atoms with Crippen LogP contribution < -0.4 is 9.47 Å². The molecule has 0 aliphatic carbocycles. The van der Waals surface area contributed by atoms with Gasteiger partial charge in [0.2, 0.25) is 0 Å². The van der Waals surface area contributed by atoms with Crippen molar-refractivity contribution in [2.24, 2.45) is 0 Å². The Bertz CT molecular complexity index is 850. The Labute approximate surface area is 144 Å². The number of benzene rings is 2. The van der Waals surface area contributed by atoms with E-state index in [0.29, 0.717) is 5.56 Å². The van der Waals surface area contributed by atoms with Crippen LogP contribution in [0.2, 0.25) is 0 Å². The van der Waals surface area contributed by atoms with E-state index in [4.69, 9.17) is 9.47 Å². The second kappa shape index (κ2) is 7.92. The van der Waals surface area contributed by atoms with Crippen molar-refractivity contribution in [3.05, 3.63) is 59.7 Å². The van der Waals surface area contributed by atoms with Gasteiger partial charge in [0.15, 0.2) is 0 Å². The molecule has 25 heavy (non-hydrogen) atoms. The van der Waals surface area contributed by atoms with Crippen LogP contribution in [0.5, 0.6) is 11.5 Å². The molecule has 0 aliphatic heterocycles. The zero-order chi connectivity index (χ0) is 18.4. The largest absolute Gasteiger partial charge is 0.478 e. The lowest BCUT2D eigenvalue weighted by Gasteiger charge is -2.11. The van der Waals surface area contributed by atoms with Crippen LogP contribution in [0.1, 0.15) is 25.0 Å². The molecular formula is C19H16O6. The molecule has 0 fully saturated rings. The SMILES string of the molecule is CC(=O)Oc1ccccc1C=C(C(=O)O)c1ccccc1OC(C)=O. The van der Waals surface area contributed by atoms with Crippen molar-refractivity contribution in [2.45, 2.75) is 13.8 Å². The quantitative estimate of drug-likeness (QED) is 0.389. The van der Waals surface area contributed by atoms with Crippen LogP contribution in [0.25, 0.3) is 11.6 Å². The van der Waals surface area contributed by atoms with E-state index in [2.05, 4.69) is 0 Å². The fraction of sp³-hybridized carbons (Fsp3) is 0.105. The van der Waals surface area contributed by atoms with Crippen molar-refractivity contribution < 1.29 is 29.0 Å².